The second-order valence-electron chi connectivity index (χ2n) is 9.17. The number of carbonyl (C=O) groups is 3. The van der Waals surface area contributed by atoms with Crippen molar-refractivity contribution in [1.29, 1.82) is 0 Å². The maximum Gasteiger partial charge on any atom is 0.295 e. The number of Topliss-reactive ketones (excluding diaryl/α,β-unsaturated/α-hetero) is 1. The minimum atomic E-state index is -0.811. The van der Waals surface area contributed by atoms with Crippen molar-refractivity contribution in [1.82, 2.24) is 34.8 Å². The van der Waals surface area contributed by atoms with Gasteiger partial charge in [0.15, 0.2) is 11.6 Å². The van der Waals surface area contributed by atoms with Crippen molar-refractivity contribution in [3.05, 3.63) is 36.2 Å². The van der Waals surface area contributed by atoms with Crippen LogP contribution >= 0.6 is 0 Å². The van der Waals surface area contributed by atoms with Crippen molar-refractivity contribution in [2.45, 2.75) is 40.0 Å². The molecule has 0 saturated carbocycles. The lowest BCUT2D eigenvalue weighted by atomic mass is 9.89. The van der Waals surface area contributed by atoms with Crippen LogP contribution in [-0.4, -0.2) is 78.5 Å². The zero-order chi connectivity index (χ0) is 25.1. The SMILES string of the molecule is CCCCC(C(=O)N1CCN(C(=O)C(=O)c2c[nH]c3c(-n4ccnn4)ncc(F)c23)CC1)C(C)C. The van der Waals surface area contributed by atoms with Gasteiger partial charge in [-0.2, -0.15) is 0 Å². The zero-order valence-corrected chi connectivity index (χ0v) is 20.2. The fourth-order valence-electron chi connectivity index (χ4n) is 4.56. The summed E-state index contributed by atoms with van der Waals surface area (Å²) in [5.74, 6) is -1.68. The lowest BCUT2D eigenvalue weighted by Gasteiger charge is -2.37. The van der Waals surface area contributed by atoms with E-state index in [2.05, 4.69) is 41.1 Å². The average Bonchev–Trinajstić information content (AvgIpc) is 3.55. The molecule has 3 aromatic heterocycles. The third kappa shape index (κ3) is 4.80. The fraction of sp³-hybridized carbons (Fsp3) is 0.500. The van der Waals surface area contributed by atoms with Gasteiger partial charge in [-0.25, -0.2) is 14.1 Å². The molecule has 2 amide bonds. The molecule has 1 fully saturated rings. The van der Waals surface area contributed by atoms with Gasteiger partial charge in [-0.3, -0.25) is 14.4 Å². The monoisotopic (exact) mass is 483 g/mol. The van der Waals surface area contributed by atoms with E-state index in [1.54, 1.807) is 11.1 Å². The Balaban J connectivity index is 1.47. The summed E-state index contributed by atoms with van der Waals surface area (Å²) in [6, 6.07) is 0. The van der Waals surface area contributed by atoms with Crippen LogP contribution in [-0.2, 0) is 9.59 Å². The number of piperazine rings is 1. The van der Waals surface area contributed by atoms with E-state index in [-0.39, 0.29) is 53.1 Å². The number of rotatable bonds is 8. The second-order valence-corrected chi connectivity index (χ2v) is 9.17. The number of ketones is 1. The highest BCUT2D eigenvalue weighted by Gasteiger charge is 2.33. The molecule has 4 rings (SSSR count). The molecule has 1 saturated heterocycles. The Morgan fingerprint density at radius 1 is 1.14 bits per heavy atom. The summed E-state index contributed by atoms with van der Waals surface area (Å²) >= 11 is 0. The van der Waals surface area contributed by atoms with Gasteiger partial charge in [0.1, 0.15) is 0 Å². The number of nitrogens with one attached hydrogen (secondary N) is 1. The fourth-order valence-corrected chi connectivity index (χ4v) is 4.56. The molecule has 1 aliphatic heterocycles. The maximum absolute atomic E-state index is 14.7. The van der Waals surface area contributed by atoms with Gasteiger partial charge in [0.25, 0.3) is 11.7 Å². The van der Waals surface area contributed by atoms with E-state index in [1.165, 1.54) is 22.0 Å². The molecular weight excluding hydrogens is 453 g/mol. The van der Waals surface area contributed by atoms with Crippen LogP contribution < -0.4 is 0 Å². The van der Waals surface area contributed by atoms with E-state index >= 15 is 0 Å². The molecule has 11 heteroatoms. The summed E-state index contributed by atoms with van der Waals surface area (Å²) < 4.78 is 16.0. The molecule has 3 aromatic rings. The highest BCUT2D eigenvalue weighted by Crippen LogP contribution is 2.26. The highest BCUT2D eigenvalue weighted by molar-refractivity contribution is 6.45. The number of fused-ring (bicyclic) bond motifs is 1. The van der Waals surface area contributed by atoms with Crippen LogP contribution in [0.2, 0.25) is 0 Å². The van der Waals surface area contributed by atoms with Gasteiger partial charge < -0.3 is 14.8 Å². The molecule has 0 spiro atoms. The normalized spacial score (nSPS) is 15.1. The van der Waals surface area contributed by atoms with Gasteiger partial charge in [0, 0.05) is 38.3 Å². The van der Waals surface area contributed by atoms with E-state index in [0.717, 1.165) is 25.5 Å². The third-order valence-electron chi connectivity index (χ3n) is 6.59. The maximum atomic E-state index is 14.7. The Labute approximate surface area is 202 Å². The first-order chi connectivity index (χ1) is 16.8. The second kappa shape index (κ2) is 10.3. The number of amides is 2. The van der Waals surface area contributed by atoms with Crippen molar-refractivity contribution in [2.24, 2.45) is 11.8 Å². The molecule has 0 bridgehead atoms. The van der Waals surface area contributed by atoms with Gasteiger partial charge in [0.2, 0.25) is 5.91 Å². The summed E-state index contributed by atoms with van der Waals surface area (Å²) in [7, 11) is 0. The van der Waals surface area contributed by atoms with Crippen LogP contribution in [0.1, 0.15) is 50.4 Å². The van der Waals surface area contributed by atoms with Crippen LogP contribution in [0.3, 0.4) is 0 Å². The topological polar surface area (TPSA) is 117 Å². The first-order valence-electron chi connectivity index (χ1n) is 12.0. The number of pyridine rings is 1. The number of aromatic amines is 1. The first-order valence-corrected chi connectivity index (χ1v) is 12.0. The summed E-state index contributed by atoms with van der Waals surface area (Å²) in [4.78, 5) is 49.3. The van der Waals surface area contributed by atoms with Crippen molar-refractivity contribution in [3.8, 4) is 5.82 Å². The number of carbonyl (C=O) groups excluding carboxylic acids is 3. The number of halogens is 1. The summed E-state index contributed by atoms with van der Waals surface area (Å²) in [5, 5.41) is 7.56. The van der Waals surface area contributed by atoms with Crippen molar-refractivity contribution in [3.63, 3.8) is 0 Å². The van der Waals surface area contributed by atoms with Crippen LogP contribution in [0.5, 0.6) is 0 Å². The largest absolute Gasteiger partial charge is 0.357 e. The molecule has 1 N–H and O–H groups in total. The average molecular weight is 484 g/mol. The van der Waals surface area contributed by atoms with Crippen molar-refractivity contribution >= 4 is 28.5 Å². The summed E-state index contributed by atoms with van der Waals surface area (Å²) in [6.45, 7) is 7.47. The van der Waals surface area contributed by atoms with Gasteiger partial charge in [0.05, 0.1) is 35.1 Å². The number of nitrogens with zero attached hydrogens (tertiary/aromatic N) is 6. The van der Waals surface area contributed by atoms with Crippen molar-refractivity contribution < 1.29 is 18.8 Å². The van der Waals surface area contributed by atoms with Crippen LogP contribution in [0.15, 0.2) is 24.8 Å². The minimum Gasteiger partial charge on any atom is -0.357 e. The standard InChI is InChI=1S/C24H30FN7O3/c1-4-5-6-16(15(2)3)23(34)30-9-11-31(12-10-30)24(35)21(33)17-13-26-20-19(17)18(25)14-27-22(20)32-8-7-28-29-32/h7-8,13-16,26H,4-6,9-12H2,1-3H3. The molecule has 0 aliphatic carbocycles. The predicted molar refractivity (Wildman–Crippen MR) is 126 cm³/mol. The molecule has 186 valence electrons. The van der Waals surface area contributed by atoms with E-state index in [9.17, 15) is 18.8 Å². The summed E-state index contributed by atoms with van der Waals surface area (Å²) in [5.41, 5.74) is 0.179. The minimum absolute atomic E-state index is 0.0200. The Morgan fingerprint density at radius 2 is 1.86 bits per heavy atom. The molecule has 1 unspecified atom stereocenters. The van der Waals surface area contributed by atoms with Crippen LogP contribution in [0.25, 0.3) is 16.7 Å². The number of unbranched alkanes of at least 4 members (excludes halogenated alkanes) is 1. The van der Waals surface area contributed by atoms with E-state index in [4.69, 9.17) is 0 Å². The Hall–Kier alpha value is -3.63. The van der Waals surface area contributed by atoms with E-state index in [0.29, 0.717) is 13.1 Å². The lowest BCUT2D eigenvalue weighted by molar-refractivity contribution is -0.142. The molecule has 10 nitrogen and oxygen atoms in total. The number of hydrogen-bond acceptors (Lipinski definition) is 6. The van der Waals surface area contributed by atoms with Gasteiger partial charge in [-0.15, -0.1) is 5.10 Å². The molecule has 0 aromatic carbocycles. The number of aromatic nitrogens is 5. The van der Waals surface area contributed by atoms with Crippen molar-refractivity contribution in [2.75, 3.05) is 26.2 Å². The van der Waals surface area contributed by atoms with E-state index < -0.39 is 17.5 Å². The molecule has 1 aliphatic rings. The van der Waals surface area contributed by atoms with Crippen LogP contribution in [0, 0.1) is 17.7 Å². The van der Waals surface area contributed by atoms with Gasteiger partial charge >= 0.3 is 0 Å². The molecule has 1 atom stereocenters. The van der Waals surface area contributed by atoms with E-state index in [1.807, 2.05) is 0 Å². The Morgan fingerprint density at radius 3 is 2.49 bits per heavy atom. The third-order valence-corrected chi connectivity index (χ3v) is 6.59. The quantitative estimate of drug-likeness (QED) is 0.389. The molecule has 0 radical (unpaired) electrons. The first kappa shape index (κ1) is 24.5. The highest BCUT2D eigenvalue weighted by atomic mass is 19.1. The van der Waals surface area contributed by atoms with Gasteiger partial charge in [-0.05, 0) is 12.3 Å². The molecular formula is C24H30FN7O3. The lowest BCUT2D eigenvalue weighted by Crippen LogP contribution is -2.53. The predicted octanol–water partition coefficient (Wildman–Crippen LogP) is 2.60. The number of H-pyrrole nitrogens is 1. The molecule has 4 heterocycles. The molecule has 35 heavy (non-hydrogen) atoms. The Bertz CT molecular complexity index is 1210. The zero-order valence-electron chi connectivity index (χ0n) is 20.2. The smallest absolute Gasteiger partial charge is 0.295 e. The van der Waals surface area contributed by atoms with Gasteiger partial charge in [-0.1, -0.05) is 38.8 Å². The summed E-state index contributed by atoms with van der Waals surface area (Å²) in [6.07, 6.45) is 8.18. The number of hydrogen-bond donors (Lipinski definition) is 1. The van der Waals surface area contributed by atoms with Crippen LogP contribution in [0.4, 0.5) is 4.39 Å². The Kier molecular flexibility index (Phi) is 7.23.